The number of hydrazine groups is 1. The second-order valence-corrected chi connectivity index (χ2v) is 7.23. The Morgan fingerprint density at radius 1 is 0.967 bits per heavy atom. The highest BCUT2D eigenvalue weighted by Gasteiger charge is 2.10. The molecule has 0 saturated carbocycles. The third kappa shape index (κ3) is 7.92. The number of benzene rings is 2. The summed E-state index contributed by atoms with van der Waals surface area (Å²) in [5.41, 5.74) is 4.80. The van der Waals surface area contributed by atoms with Crippen molar-refractivity contribution in [3.63, 3.8) is 0 Å². The summed E-state index contributed by atoms with van der Waals surface area (Å²) in [7, 11) is 0. The number of halogens is 2. The summed E-state index contributed by atoms with van der Waals surface area (Å²) in [6.45, 7) is 1.59. The Hall–Kier alpha value is -2.78. The zero-order valence-corrected chi connectivity index (χ0v) is 18.4. The normalized spacial score (nSPS) is 10.1. The number of esters is 1. The van der Waals surface area contributed by atoms with Crippen molar-refractivity contribution in [2.75, 3.05) is 19.8 Å². The van der Waals surface area contributed by atoms with Gasteiger partial charge in [0.2, 0.25) is 0 Å². The maximum atomic E-state index is 11.8. The molecule has 0 bridgehead atoms. The van der Waals surface area contributed by atoms with Gasteiger partial charge in [-0.2, -0.15) is 0 Å². The van der Waals surface area contributed by atoms with Crippen LogP contribution in [0.25, 0.3) is 0 Å². The molecule has 2 rings (SSSR count). The van der Waals surface area contributed by atoms with Gasteiger partial charge in [0.1, 0.15) is 11.5 Å². The van der Waals surface area contributed by atoms with Crippen LogP contribution in [0.3, 0.4) is 0 Å². The van der Waals surface area contributed by atoms with E-state index in [-0.39, 0.29) is 13.2 Å². The van der Waals surface area contributed by atoms with Gasteiger partial charge < -0.3 is 14.2 Å². The first-order valence-electron chi connectivity index (χ1n) is 8.94. The lowest BCUT2D eigenvalue weighted by atomic mass is 10.2. The Labute approximate surface area is 186 Å². The van der Waals surface area contributed by atoms with Crippen molar-refractivity contribution >= 4 is 45.3 Å². The summed E-state index contributed by atoms with van der Waals surface area (Å²) in [6.07, 6.45) is 0.739. The van der Waals surface area contributed by atoms with Gasteiger partial charge in [0, 0.05) is 4.47 Å². The molecule has 0 aliphatic heterocycles. The van der Waals surface area contributed by atoms with Crippen LogP contribution in [0, 0.1) is 0 Å². The molecule has 0 saturated heterocycles. The summed E-state index contributed by atoms with van der Waals surface area (Å²) < 4.78 is 16.4. The predicted molar refractivity (Wildman–Crippen MR) is 113 cm³/mol. The summed E-state index contributed by atoms with van der Waals surface area (Å²) in [5, 5.41) is 0.347. The van der Waals surface area contributed by atoms with E-state index in [9.17, 15) is 14.4 Å². The number of carbonyl (C=O) groups is 3. The van der Waals surface area contributed by atoms with E-state index in [0.29, 0.717) is 28.7 Å². The Balaban J connectivity index is 1.69. The molecule has 0 radical (unpaired) electrons. The van der Waals surface area contributed by atoms with Crippen molar-refractivity contribution in [1.82, 2.24) is 10.9 Å². The first-order valence-corrected chi connectivity index (χ1v) is 10.1. The molecule has 2 aromatic carbocycles. The molecule has 0 aliphatic carbocycles. The third-order valence-electron chi connectivity index (χ3n) is 3.49. The number of nitrogens with one attached hydrogen (secondary N) is 2. The maximum Gasteiger partial charge on any atom is 0.338 e. The molecule has 0 atom stereocenters. The van der Waals surface area contributed by atoms with Gasteiger partial charge in [-0.1, -0.05) is 34.5 Å². The molecular formula is C20H20BrClN2O6. The Morgan fingerprint density at radius 3 is 2.20 bits per heavy atom. The maximum absolute atomic E-state index is 11.8. The van der Waals surface area contributed by atoms with Crippen molar-refractivity contribution in [3.05, 3.63) is 57.5 Å². The van der Waals surface area contributed by atoms with E-state index in [0.717, 1.165) is 10.9 Å². The molecule has 0 aromatic heterocycles. The highest BCUT2D eigenvalue weighted by Crippen LogP contribution is 2.27. The van der Waals surface area contributed by atoms with E-state index >= 15 is 0 Å². The van der Waals surface area contributed by atoms with Crippen LogP contribution in [0.4, 0.5) is 0 Å². The minimum absolute atomic E-state index is 0.334. The van der Waals surface area contributed by atoms with Gasteiger partial charge in [0.15, 0.2) is 13.2 Å². The predicted octanol–water partition coefficient (Wildman–Crippen LogP) is 3.27. The second kappa shape index (κ2) is 12.0. The highest BCUT2D eigenvalue weighted by molar-refractivity contribution is 9.10. The van der Waals surface area contributed by atoms with Crippen LogP contribution in [0.1, 0.15) is 23.7 Å². The smallest absolute Gasteiger partial charge is 0.338 e. The van der Waals surface area contributed by atoms with Crippen molar-refractivity contribution in [3.8, 4) is 11.5 Å². The van der Waals surface area contributed by atoms with Gasteiger partial charge in [-0.3, -0.25) is 20.4 Å². The van der Waals surface area contributed by atoms with Gasteiger partial charge in [0.25, 0.3) is 11.8 Å². The van der Waals surface area contributed by atoms with Crippen molar-refractivity contribution in [1.29, 1.82) is 0 Å². The van der Waals surface area contributed by atoms with Gasteiger partial charge >= 0.3 is 5.97 Å². The molecular weight excluding hydrogens is 480 g/mol. The topological polar surface area (TPSA) is 103 Å². The molecule has 2 N–H and O–H groups in total. The largest absolute Gasteiger partial charge is 0.484 e. The molecule has 0 heterocycles. The minimum Gasteiger partial charge on any atom is -0.484 e. The lowest BCUT2D eigenvalue weighted by Crippen LogP contribution is -2.45. The molecule has 2 amide bonds. The van der Waals surface area contributed by atoms with E-state index in [1.165, 1.54) is 12.1 Å². The summed E-state index contributed by atoms with van der Waals surface area (Å²) >= 11 is 9.26. The fourth-order valence-electron chi connectivity index (χ4n) is 2.06. The fraction of sp³-hybridized carbons (Fsp3) is 0.250. The first kappa shape index (κ1) is 23.5. The lowest BCUT2D eigenvalue weighted by Gasteiger charge is -2.11. The average Bonchev–Trinajstić information content (AvgIpc) is 2.74. The van der Waals surface area contributed by atoms with E-state index in [1.807, 2.05) is 6.92 Å². The number of amides is 2. The molecule has 2 aromatic rings. The quantitative estimate of drug-likeness (QED) is 0.405. The second-order valence-electron chi connectivity index (χ2n) is 5.91. The first-order chi connectivity index (χ1) is 14.4. The van der Waals surface area contributed by atoms with Crippen LogP contribution in [-0.2, 0) is 14.3 Å². The van der Waals surface area contributed by atoms with Crippen LogP contribution in [0.2, 0.25) is 5.02 Å². The SMILES string of the molecule is CCCOC(=O)c1ccc(OCC(=O)NNC(=O)COc2ccc(Br)cc2Cl)cc1. The Bertz CT molecular complexity index is 891. The summed E-state index contributed by atoms with van der Waals surface area (Å²) in [6, 6.07) is 11.1. The van der Waals surface area contributed by atoms with Crippen LogP contribution in [-0.4, -0.2) is 37.6 Å². The molecule has 0 unspecified atom stereocenters. The van der Waals surface area contributed by atoms with Crippen LogP contribution in [0.5, 0.6) is 11.5 Å². The highest BCUT2D eigenvalue weighted by atomic mass is 79.9. The molecule has 8 nitrogen and oxygen atoms in total. The molecule has 0 fully saturated rings. The number of ether oxygens (including phenoxy) is 3. The van der Waals surface area contributed by atoms with Gasteiger partial charge in [-0.05, 0) is 48.9 Å². The zero-order chi connectivity index (χ0) is 21.9. The summed E-state index contributed by atoms with van der Waals surface area (Å²) in [5.74, 6) is -0.840. The minimum atomic E-state index is -0.573. The number of rotatable bonds is 9. The zero-order valence-electron chi connectivity index (χ0n) is 16.1. The van der Waals surface area contributed by atoms with Gasteiger partial charge in [-0.15, -0.1) is 0 Å². The number of hydrogen-bond acceptors (Lipinski definition) is 6. The van der Waals surface area contributed by atoms with Gasteiger partial charge in [0.05, 0.1) is 17.2 Å². The number of carbonyl (C=O) groups excluding carboxylic acids is 3. The van der Waals surface area contributed by atoms with Crippen LogP contribution >= 0.6 is 27.5 Å². The van der Waals surface area contributed by atoms with E-state index in [4.69, 9.17) is 25.8 Å². The van der Waals surface area contributed by atoms with Crippen LogP contribution in [0.15, 0.2) is 46.9 Å². The lowest BCUT2D eigenvalue weighted by molar-refractivity contribution is -0.131. The van der Waals surface area contributed by atoms with E-state index in [1.54, 1.807) is 30.3 Å². The van der Waals surface area contributed by atoms with Crippen molar-refractivity contribution in [2.45, 2.75) is 13.3 Å². The molecule has 10 heteroatoms. The Kier molecular flexibility index (Phi) is 9.43. The van der Waals surface area contributed by atoms with Crippen molar-refractivity contribution < 1.29 is 28.6 Å². The molecule has 0 aliphatic rings. The molecule has 160 valence electrons. The Morgan fingerprint density at radius 2 is 1.60 bits per heavy atom. The average molecular weight is 500 g/mol. The molecule has 0 spiro atoms. The monoisotopic (exact) mass is 498 g/mol. The van der Waals surface area contributed by atoms with Gasteiger partial charge in [-0.25, -0.2) is 4.79 Å². The van der Waals surface area contributed by atoms with Crippen molar-refractivity contribution in [2.24, 2.45) is 0 Å². The van der Waals surface area contributed by atoms with E-state index < -0.39 is 17.8 Å². The van der Waals surface area contributed by atoms with Crippen LogP contribution < -0.4 is 20.3 Å². The summed E-state index contributed by atoms with van der Waals surface area (Å²) in [4.78, 5) is 35.3. The third-order valence-corrected chi connectivity index (χ3v) is 4.28. The van der Waals surface area contributed by atoms with E-state index in [2.05, 4.69) is 26.8 Å². The standard InChI is InChI=1S/C20H20BrClN2O6/c1-2-9-28-20(27)13-3-6-15(7-4-13)29-11-18(25)23-24-19(26)12-30-17-8-5-14(21)10-16(17)22/h3-8,10H,2,9,11-12H2,1H3,(H,23,25)(H,24,26). The molecule has 30 heavy (non-hydrogen) atoms. The fourth-order valence-corrected chi connectivity index (χ4v) is 2.79. The number of hydrogen-bond donors (Lipinski definition) is 2.